The minimum atomic E-state index is -0.659. The number of halogens is 1. The number of benzene rings is 1. The molecule has 0 aliphatic carbocycles. The molecule has 1 aromatic carbocycles. The molecule has 1 heterocycles. The van der Waals surface area contributed by atoms with E-state index in [-0.39, 0.29) is 5.69 Å². The average Bonchev–Trinajstić information content (AvgIpc) is 2.74. The number of methoxy groups -OCH3 is 1. The number of ketones is 1. The van der Waals surface area contributed by atoms with Crippen molar-refractivity contribution in [3.05, 3.63) is 47.5 Å². The van der Waals surface area contributed by atoms with E-state index in [0.717, 1.165) is 6.20 Å². The number of ether oxygens (including phenoxy) is 1. The second kappa shape index (κ2) is 4.14. The highest BCUT2D eigenvalue weighted by molar-refractivity contribution is 6.07. The number of nitrogens with zero attached hydrogens (tertiary/aromatic N) is 1. The molecule has 0 spiro atoms. The fourth-order valence-electron chi connectivity index (χ4n) is 1.34. The Kier molecular flexibility index (Phi) is 2.68. The number of aromatic nitrogens is 2. The molecule has 1 aromatic heterocycles. The Morgan fingerprint density at radius 3 is 2.94 bits per heavy atom. The molecule has 0 radical (unpaired) electrons. The van der Waals surface area contributed by atoms with Crippen molar-refractivity contribution in [3.8, 4) is 5.75 Å². The minimum Gasteiger partial charge on any atom is -0.497 e. The summed E-state index contributed by atoms with van der Waals surface area (Å²) in [6.45, 7) is 0. The molecule has 82 valence electrons. The third-order valence-electron chi connectivity index (χ3n) is 2.15. The summed E-state index contributed by atoms with van der Waals surface area (Å²) in [7, 11) is 1.50. The summed E-state index contributed by atoms with van der Waals surface area (Å²) in [5.41, 5.74) is 0.204. The third-order valence-corrected chi connectivity index (χ3v) is 2.15. The van der Waals surface area contributed by atoms with Crippen LogP contribution in [-0.2, 0) is 0 Å². The van der Waals surface area contributed by atoms with Crippen LogP contribution in [0.25, 0.3) is 0 Å². The molecule has 0 atom stereocenters. The van der Waals surface area contributed by atoms with Gasteiger partial charge < -0.3 is 4.74 Å². The third kappa shape index (κ3) is 1.79. The predicted octanol–water partition coefficient (Wildman–Crippen LogP) is 1.79. The summed E-state index contributed by atoms with van der Waals surface area (Å²) in [5, 5.41) is 5.78. The lowest BCUT2D eigenvalue weighted by Gasteiger charge is -2.02. The highest BCUT2D eigenvalue weighted by Gasteiger charge is 2.16. The highest BCUT2D eigenvalue weighted by atomic mass is 19.1. The van der Waals surface area contributed by atoms with Gasteiger partial charge in [0.1, 0.15) is 11.4 Å². The largest absolute Gasteiger partial charge is 0.497 e. The number of carbonyl (C=O) groups is 1. The predicted molar refractivity (Wildman–Crippen MR) is 55.0 cm³/mol. The topological polar surface area (TPSA) is 55.0 Å². The Morgan fingerprint density at radius 1 is 1.50 bits per heavy atom. The van der Waals surface area contributed by atoms with Crippen LogP contribution in [0.3, 0.4) is 0 Å². The SMILES string of the molecule is COc1cccc(C(=O)c2[nH]ncc2F)c1. The zero-order valence-electron chi connectivity index (χ0n) is 8.53. The monoisotopic (exact) mass is 220 g/mol. The molecule has 2 aromatic rings. The first kappa shape index (κ1) is 10.4. The Balaban J connectivity index is 2.38. The van der Waals surface area contributed by atoms with Gasteiger partial charge >= 0.3 is 0 Å². The van der Waals surface area contributed by atoms with E-state index in [1.54, 1.807) is 24.3 Å². The summed E-state index contributed by atoms with van der Waals surface area (Å²) in [6, 6.07) is 6.51. The standard InChI is InChI=1S/C11H9FN2O2/c1-16-8-4-2-3-7(5-8)11(15)10-9(12)6-13-14-10/h2-6H,1H3,(H,13,14). The van der Waals surface area contributed by atoms with E-state index >= 15 is 0 Å². The fourth-order valence-corrected chi connectivity index (χ4v) is 1.34. The maximum Gasteiger partial charge on any atom is 0.213 e. The van der Waals surface area contributed by atoms with Crippen molar-refractivity contribution < 1.29 is 13.9 Å². The average molecular weight is 220 g/mol. The van der Waals surface area contributed by atoms with E-state index in [2.05, 4.69) is 10.2 Å². The molecule has 0 aliphatic heterocycles. The quantitative estimate of drug-likeness (QED) is 0.802. The summed E-state index contributed by atoms with van der Waals surface area (Å²) in [4.78, 5) is 11.8. The Bertz CT molecular complexity index is 522. The van der Waals surface area contributed by atoms with E-state index in [9.17, 15) is 9.18 Å². The van der Waals surface area contributed by atoms with Crippen LogP contribution in [-0.4, -0.2) is 23.1 Å². The van der Waals surface area contributed by atoms with Gasteiger partial charge in [0.25, 0.3) is 0 Å². The van der Waals surface area contributed by atoms with Gasteiger partial charge in [0, 0.05) is 5.56 Å². The van der Waals surface area contributed by atoms with Crippen molar-refractivity contribution in [2.45, 2.75) is 0 Å². The molecule has 2 rings (SSSR count). The molecule has 0 bridgehead atoms. The molecule has 1 N–H and O–H groups in total. The van der Waals surface area contributed by atoms with Crippen LogP contribution < -0.4 is 4.74 Å². The molecule has 16 heavy (non-hydrogen) atoms. The van der Waals surface area contributed by atoms with Crippen LogP contribution >= 0.6 is 0 Å². The first-order valence-electron chi connectivity index (χ1n) is 4.60. The number of rotatable bonds is 3. The molecule has 0 fully saturated rings. The summed E-state index contributed by atoms with van der Waals surface area (Å²) in [5.74, 6) is -0.563. The molecule has 0 amide bonds. The summed E-state index contributed by atoms with van der Waals surface area (Å²) >= 11 is 0. The Morgan fingerprint density at radius 2 is 2.31 bits per heavy atom. The smallest absolute Gasteiger partial charge is 0.213 e. The zero-order valence-corrected chi connectivity index (χ0v) is 8.53. The Hall–Kier alpha value is -2.17. The van der Waals surface area contributed by atoms with Crippen LogP contribution in [0.2, 0.25) is 0 Å². The van der Waals surface area contributed by atoms with Gasteiger partial charge in [-0.1, -0.05) is 12.1 Å². The number of aromatic amines is 1. The molecule has 5 heteroatoms. The molecule has 4 nitrogen and oxygen atoms in total. The van der Waals surface area contributed by atoms with Gasteiger partial charge in [0.2, 0.25) is 5.78 Å². The molecular weight excluding hydrogens is 211 g/mol. The normalized spacial score (nSPS) is 10.1. The first-order chi connectivity index (χ1) is 7.72. The summed E-state index contributed by atoms with van der Waals surface area (Å²) < 4.78 is 18.1. The number of nitrogens with one attached hydrogen (secondary N) is 1. The van der Waals surface area contributed by atoms with Crippen molar-refractivity contribution in [3.63, 3.8) is 0 Å². The second-order valence-corrected chi connectivity index (χ2v) is 3.15. The molecular formula is C11H9FN2O2. The van der Waals surface area contributed by atoms with Gasteiger partial charge in [-0.2, -0.15) is 5.10 Å². The van der Waals surface area contributed by atoms with Crippen molar-refractivity contribution in [2.75, 3.05) is 7.11 Å². The van der Waals surface area contributed by atoms with Crippen LogP contribution in [0.5, 0.6) is 5.75 Å². The van der Waals surface area contributed by atoms with Gasteiger partial charge in [-0.3, -0.25) is 9.89 Å². The Labute approximate surface area is 91.1 Å². The number of H-pyrrole nitrogens is 1. The second-order valence-electron chi connectivity index (χ2n) is 3.15. The maximum atomic E-state index is 13.1. The van der Waals surface area contributed by atoms with Crippen LogP contribution in [0.15, 0.2) is 30.5 Å². The van der Waals surface area contributed by atoms with E-state index in [1.807, 2.05) is 0 Å². The molecule has 0 unspecified atom stereocenters. The van der Waals surface area contributed by atoms with Gasteiger partial charge in [-0.15, -0.1) is 0 Å². The fraction of sp³-hybridized carbons (Fsp3) is 0.0909. The lowest BCUT2D eigenvalue weighted by atomic mass is 10.1. The zero-order chi connectivity index (χ0) is 11.5. The van der Waals surface area contributed by atoms with Gasteiger partial charge in [-0.25, -0.2) is 4.39 Å². The van der Waals surface area contributed by atoms with Crippen LogP contribution in [0.4, 0.5) is 4.39 Å². The van der Waals surface area contributed by atoms with Crippen LogP contribution in [0.1, 0.15) is 16.1 Å². The molecule has 0 saturated heterocycles. The maximum absolute atomic E-state index is 13.1. The van der Waals surface area contributed by atoms with E-state index < -0.39 is 11.6 Å². The summed E-state index contributed by atoms with van der Waals surface area (Å²) in [6.07, 6.45) is 0.966. The van der Waals surface area contributed by atoms with E-state index in [0.29, 0.717) is 11.3 Å². The minimum absolute atomic E-state index is 0.145. The first-order valence-corrected chi connectivity index (χ1v) is 4.60. The molecule has 0 aliphatic rings. The van der Waals surface area contributed by atoms with E-state index in [1.165, 1.54) is 7.11 Å². The van der Waals surface area contributed by atoms with E-state index in [4.69, 9.17) is 4.74 Å². The van der Waals surface area contributed by atoms with Crippen molar-refractivity contribution in [2.24, 2.45) is 0 Å². The van der Waals surface area contributed by atoms with Crippen LogP contribution in [0, 0.1) is 5.82 Å². The van der Waals surface area contributed by atoms with Crippen molar-refractivity contribution in [1.29, 1.82) is 0 Å². The van der Waals surface area contributed by atoms with Gasteiger partial charge in [0.15, 0.2) is 5.82 Å². The van der Waals surface area contributed by atoms with Gasteiger partial charge in [-0.05, 0) is 12.1 Å². The van der Waals surface area contributed by atoms with Crippen molar-refractivity contribution >= 4 is 5.78 Å². The van der Waals surface area contributed by atoms with Gasteiger partial charge in [0.05, 0.1) is 13.3 Å². The number of hydrogen-bond donors (Lipinski definition) is 1. The lowest BCUT2D eigenvalue weighted by Crippen LogP contribution is -2.04. The highest BCUT2D eigenvalue weighted by Crippen LogP contribution is 2.16. The van der Waals surface area contributed by atoms with Crippen molar-refractivity contribution in [1.82, 2.24) is 10.2 Å². The lowest BCUT2D eigenvalue weighted by molar-refractivity contribution is 0.103. The molecule has 0 saturated carbocycles. The number of carbonyl (C=O) groups excluding carboxylic acids is 1. The number of hydrogen-bond acceptors (Lipinski definition) is 3.